The van der Waals surface area contributed by atoms with Crippen LogP contribution in [0.2, 0.25) is 0 Å². The Bertz CT molecular complexity index is 1310. The minimum Gasteiger partial charge on any atom is -0.497 e. The first-order valence-corrected chi connectivity index (χ1v) is 10.3. The first kappa shape index (κ1) is 19.3. The molecule has 0 aliphatic carbocycles. The number of aromatic nitrogens is 2. The van der Waals surface area contributed by atoms with Crippen molar-refractivity contribution >= 4 is 33.5 Å². The summed E-state index contributed by atoms with van der Waals surface area (Å²) in [5.41, 5.74) is 10.3. The molecule has 31 heavy (non-hydrogen) atoms. The Morgan fingerprint density at radius 2 is 2.10 bits per heavy atom. The Morgan fingerprint density at radius 1 is 1.19 bits per heavy atom. The molecule has 2 aromatic heterocycles. The average Bonchev–Trinajstić information content (AvgIpc) is 3.36. The van der Waals surface area contributed by atoms with E-state index in [-0.39, 0.29) is 0 Å². The molecule has 7 heteroatoms. The van der Waals surface area contributed by atoms with Crippen LogP contribution in [0.25, 0.3) is 21.8 Å². The van der Waals surface area contributed by atoms with E-state index in [4.69, 9.17) is 15.5 Å². The second-order valence-electron chi connectivity index (χ2n) is 7.94. The molecule has 1 aliphatic rings. The lowest BCUT2D eigenvalue weighted by atomic mass is 9.99. The molecular formula is C24H26N6O. The Kier molecular flexibility index (Phi) is 4.67. The summed E-state index contributed by atoms with van der Waals surface area (Å²) < 4.78 is 7.47. The number of hydrogen-bond acceptors (Lipinski definition) is 5. The van der Waals surface area contributed by atoms with Crippen LogP contribution in [0, 0.1) is 0 Å². The Labute approximate surface area is 180 Å². The standard InChI is InChI=1S/C24H26N6O/c1-30-13-9-18-21(4-3-5-22(18)30)28-23-26-12-11-24(25,29-23)10-8-16-15-27-20-7-6-17(31-2)14-19(16)20/h3-7,9,11-15,27H,8,10,25H2,1-2H3,(H2,26,28,29). The average molecular weight is 415 g/mol. The van der Waals surface area contributed by atoms with Crippen LogP contribution in [0.4, 0.5) is 5.69 Å². The third-order valence-electron chi connectivity index (χ3n) is 5.86. The minimum absolute atomic E-state index is 0.641. The number of fused-ring (bicyclic) bond motifs is 2. The Hall–Kier alpha value is -3.71. The molecule has 0 spiro atoms. The predicted molar refractivity (Wildman–Crippen MR) is 126 cm³/mol. The van der Waals surface area contributed by atoms with E-state index >= 15 is 0 Å². The molecule has 1 aliphatic heterocycles. The van der Waals surface area contributed by atoms with Crippen LogP contribution in [-0.2, 0) is 13.5 Å². The number of rotatable bonds is 5. The van der Waals surface area contributed by atoms with Crippen LogP contribution < -0.4 is 21.1 Å². The van der Waals surface area contributed by atoms with Crippen LogP contribution in [0.15, 0.2) is 72.1 Å². The van der Waals surface area contributed by atoms with E-state index in [1.807, 2.05) is 49.8 Å². The van der Waals surface area contributed by atoms with E-state index < -0.39 is 5.66 Å². The van der Waals surface area contributed by atoms with Gasteiger partial charge >= 0.3 is 0 Å². The fourth-order valence-electron chi connectivity index (χ4n) is 4.11. The van der Waals surface area contributed by atoms with E-state index in [2.05, 4.69) is 44.6 Å². The summed E-state index contributed by atoms with van der Waals surface area (Å²) in [6, 6.07) is 14.3. The maximum absolute atomic E-state index is 6.64. The molecule has 2 aromatic carbocycles. The third kappa shape index (κ3) is 3.64. The number of nitrogens with two attached hydrogens (primary N) is 1. The van der Waals surface area contributed by atoms with Crippen molar-refractivity contribution < 1.29 is 4.74 Å². The van der Waals surface area contributed by atoms with Gasteiger partial charge in [0, 0.05) is 47.4 Å². The number of methoxy groups -OCH3 is 1. The van der Waals surface area contributed by atoms with E-state index in [1.54, 1.807) is 7.11 Å². The van der Waals surface area contributed by atoms with Crippen molar-refractivity contribution in [1.82, 2.24) is 14.9 Å². The zero-order valence-corrected chi connectivity index (χ0v) is 17.6. The number of benzene rings is 2. The van der Waals surface area contributed by atoms with Crippen LogP contribution in [-0.4, -0.2) is 28.3 Å². The van der Waals surface area contributed by atoms with Crippen LogP contribution in [0.1, 0.15) is 12.0 Å². The summed E-state index contributed by atoms with van der Waals surface area (Å²) in [7, 11) is 3.72. The molecule has 0 radical (unpaired) electrons. The van der Waals surface area contributed by atoms with Crippen molar-refractivity contribution in [2.24, 2.45) is 17.8 Å². The number of nitrogens with one attached hydrogen (secondary N) is 3. The molecule has 0 amide bonds. The highest BCUT2D eigenvalue weighted by atomic mass is 16.5. The summed E-state index contributed by atoms with van der Waals surface area (Å²) in [6.45, 7) is 0. The van der Waals surface area contributed by atoms with Crippen LogP contribution in [0.5, 0.6) is 5.75 Å². The van der Waals surface area contributed by atoms with Gasteiger partial charge in [-0.15, -0.1) is 0 Å². The van der Waals surface area contributed by atoms with Gasteiger partial charge in [-0.3, -0.25) is 0 Å². The van der Waals surface area contributed by atoms with Crippen LogP contribution >= 0.6 is 0 Å². The monoisotopic (exact) mass is 414 g/mol. The van der Waals surface area contributed by atoms with Gasteiger partial charge in [0.05, 0.1) is 12.8 Å². The van der Waals surface area contributed by atoms with Gasteiger partial charge in [-0.2, -0.15) is 0 Å². The second-order valence-corrected chi connectivity index (χ2v) is 7.94. The molecule has 3 heterocycles. The number of hydrogen-bond donors (Lipinski definition) is 4. The van der Waals surface area contributed by atoms with Crippen molar-refractivity contribution in [2.45, 2.75) is 18.5 Å². The molecule has 158 valence electrons. The van der Waals surface area contributed by atoms with Gasteiger partial charge in [0.1, 0.15) is 11.4 Å². The van der Waals surface area contributed by atoms with Crippen molar-refractivity contribution in [3.05, 3.63) is 72.7 Å². The molecule has 0 bridgehead atoms. The molecule has 1 unspecified atom stereocenters. The largest absolute Gasteiger partial charge is 0.497 e. The minimum atomic E-state index is -0.791. The summed E-state index contributed by atoms with van der Waals surface area (Å²) in [5, 5.41) is 8.87. The fourth-order valence-corrected chi connectivity index (χ4v) is 4.11. The molecular weight excluding hydrogens is 388 g/mol. The molecule has 7 nitrogen and oxygen atoms in total. The van der Waals surface area contributed by atoms with Gasteiger partial charge < -0.3 is 30.7 Å². The number of nitrogens with zero attached hydrogens (tertiary/aromatic N) is 2. The summed E-state index contributed by atoms with van der Waals surface area (Å²) in [4.78, 5) is 8.10. The van der Waals surface area contributed by atoms with Crippen molar-refractivity contribution in [1.29, 1.82) is 0 Å². The summed E-state index contributed by atoms with van der Waals surface area (Å²) >= 11 is 0. The maximum Gasteiger partial charge on any atom is 0.202 e. The molecule has 0 fully saturated rings. The second kappa shape index (κ2) is 7.52. The van der Waals surface area contributed by atoms with E-state index in [0.29, 0.717) is 12.4 Å². The van der Waals surface area contributed by atoms with Crippen molar-refractivity contribution in [3.8, 4) is 5.75 Å². The number of aromatic amines is 1. The zero-order valence-electron chi connectivity index (χ0n) is 17.6. The highest BCUT2D eigenvalue weighted by Crippen LogP contribution is 2.27. The lowest BCUT2D eigenvalue weighted by molar-refractivity contribution is 0.415. The van der Waals surface area contributed by atoms with Crippen molar-refractivity contribution in [3.63, 3.8) is 0 Å². The summed E-state index contributed by atoms with van der Waals surface area (Å²) in [6.07, 6.45) is 9.33. The van der Waals surface area contributed by atoms with Gasteiger partial charge in [-0.25, -0.2) is 4.99 Å². The number of guanidine groups is 1. The van der Waals surface area contributed by atoms with Gasteiger partial charge in [-0.1, -0.05) is 6.07 Å². The van der Waals surface area contributed by atoms with Gasteiger partial charge in [-0.05, 0) is 60.9 Å². The number of H-pyrrole nitrogens is 1. The number of anilines is 1. The normalized spacial score (nSPS) is 18.2. The maximum atomic E-state index is 6.64. The van der Waals surface area contributed by atoms with E-state index in [0.717, 1.165) is 39.7 Å². The van der Waals surface area contributed by atoms with Gasteiger partial charge in [0.25, 0.3) is 0 Å². The third-order valence-corrected chi connectivity index (χ3v) is 5.86. The smallest absolute Gasteiger partial charge is 0.202 e. The number of ether oxygens (including phenoxy) is 1. The molecule has 5 rings (SSSR count). The molecule has 0 saturated carbocycles. The fraction of sp³-hybridized carbons (Fsp3) is 0.208. The predicted octanol–water partition coefficient (Wildman–Crippen LogP) is 3.84. The lowest BCUT2D eigenvalue weighted by Crippen LogP contribution is -2.44. The molecule has 5 N–H and O–H groups in total. The van der Waals surface area contributed by atoms with Crippen molar-refractivity contribution in [2.75, 3.05) is 12.4 Å². The molecule has 4 aromatic rings. The zero-order chi connectivity index (χ0) is 21.4. The first-order chi connectivity index (χ1) is 15.0. The topological polar surface area (TPSA) is 92.4 Å². The van der Waals surface area contributed by atoms with Gasteiger partial charge in [0.15, 0.2) is 0 Å². The number of aryl methyl sites for hydroxylation is 2. The first-order valence-electron chi connectivity index (χ1n) is 10.3. The Morgan fingerprint density at radius 3 is 2.97 bits per heavy atom. The van der Waals surface area contributed by atoms with Crippen LogP contribution in [0.3, 0.4) is 0 Å². The summed E-state index contributed by atoms with van der Waals surface area (Å²) in [5.74, 6) is 1.49. The SMILES string of the molecule is COc1ccc2[nH]cc(CCC3(N)C=CNC(Nc4cccc5c4ccn5C)=N3)c2c1. The highest BCUT2D eigenvalue weighted by Gasteiger charge is 2.25. The molecule has 0 saturated heterocycles. The quantitative estimate of drug-likeness (QED) is 0.399. The van der Waals surface area contributed by atoms with E-state index in [1.165, 1.54) is 5.56 Å². The Balaban J connectivity index is 1.36. The highest BCUT2D eigenvalue weighted by molar-refractivity contribution is 6.03. The molecule has 1 atom stereocenters. The van der Waals surface area contributed by atoms with E-state index in [9.17, 15) is 0 Å². The number of aliphatic imine (C=N–C) groups is 1. The lowest BCUT2D eigenvalue weighted by Gasteiger charge is -2.27. The van der Waals surface area contributed by atoms with Gasteiger partial charge in [0.2, 0.25) is 5.96 Å².